The number of carbonyl (C=O) groups is 2. The Morgan fingerprint density at radius 3 is 2.62 bits per heavy atom. The molecule has 0 aliphatic rings. The summed E-state index contributed by atoms with van der Waals surface area (Å²) in [5.41, 5.74) is 1.22. The van der Waals surface area contributed by atoms with Crippen molar-refractivity contribution in [2.24, 2.45) is 5.92 Å². The quantitative estimate of drug-likeness (QED) is 0.781. The molecule has 0 bridgehead atoms. The van der Waals surface area contributed by atoms with Crippen LogP contribution < -0.4 is 5.32 Å². The van der Waals surface area contributed by atoms with Gasteiger partial charge in [-0.2, -0.15) is 5.26 Å². The highest BCUT2D eigenvalue weighted by atomic mass is 16.2. The highest BCUT2D eigenvalue weighted by Gasteiger charge is 2.15. The fraction of sp³-hybridized carbons (Fsp3) is 0.438. The van der Waals surface area contributed by atoms with Crippen LogP contribution in [0.25, 0.3) is 0 Å². The van der Waals surface area contributed by atoms with Crippen molar-refractivity contribution in [3.05, 3.63) is 29.8 Å². The van der Waals surface area contributed by atoms with Gasteiger partial charge in [0.05, 0.1) is 18.5 Å². The van der Waals surface area contributed by atoms with Crippen LogP contribution in [0.15, 0.2) is 24.3 Å². The maximum atomic E-state index is 12.1. The molecule has 1 aromatic rings. The van der Waals surface area contributed by atoms with Crippen molar-refractivity contribution in [1.82, 2.24) is 4.90 Å². The Hall–Kier alpha value is -2.35. The lowest BCUT2D eigenvalue weighted by Crippen LogP contribution is -2.38. The number of carbonyl (C=O) groups excluding carboxylic acids is 2. The van der Waals surface area contributed by atoms with Gasteiger partial charge < -0.3 is 10.2 Å². The molecule has 0 saturated carbocycles. The number of nitriles is 1. The molecule has 0 fully saturated rings. The Labute approximate surface area is 125 Å². The summed E-state index contributed by atoms with van der Waals surface area (Å²) in [6, 6.07) is 9.23. The van der Waals surface area contributed by atoms with E-state index in [0.29, 0.717) is 24.3 Å². The summed E-state index contributed by atoms with van der Waals surface area (Å²) < 4.78 is 0. The Morgan fingerprint density at radius 1 is 1.38 bits per heavy atom. The van der Waals surface area contributed by atoms with Gasteiger partial charge in [-0.05, 0) is 32.9 Å². The molecule has 0 spiro atoms. The molecule has 21 heavy (non-hydrogen) atoms. The Kier molecular flexibility index (Phi) is 6.41. The van der Waals surface area contributed by atoms with Crippen LogP contribution in [0, 0.1) is 17.2 Å². The first-order chi connectivity index (χ1) is 9.99. The van der Waals surface area contributed by atoms with Crippen LogP contribution in [0.2, 0.25) is 0 Å². The van der Waals surface area contributed by atoms with Gasteiger partial charge in [0.15, 0.2) is 5.78 Å². The molecular formula is C16H21N3O2. The molecule has 0 unspecified atom stereocenters. The van der Waals surface area contributed by atoms with Crippen molar-refractivity contribution in [2.45, 2.75) is 20.8 Å². The van der Waals surface area contributed by atoms with E-state index in [4.69, 9.17) is 5.26 Å². The van der Waals surface area contributed by atoms with E-state index in [9.17, 15) is 9.59 Å². The number of hydrogen-bond donors (Lipinski definition) is 1. The highest BCUT2D eigenvalue weighted by Crippen LogP contribution is 2.15. The molecule has 5 heteroatoms. The van der Waals surface area contributed by atoms with Gasteiger partial charge in [-0.1, -0.05) is 12.1 Å². The van der Waals surface area contributed by atoms with E-state index in [2.05, 4.69) is 11.4 Å². The van der Waals surface area contributed by atoms with E-state index in [0.717, 1.165) is 0 Å². The molecule has 1 amide bonds. The molecule has 1 N–H and O–H groups in total. The topological polar surface area (TPSA) is 73.2 Å². The normalized spacial score (nSPS) is 11.3. The summed E-state index contributed by atoms with van der Waals surface area (Å²) >= 11 is 0. The van der Waals surface area contributed by atoms with Gasteiger partial charge in [-0.25, -0.2) is 0 Å². The van der Waals surface area contributed by atoms with Crippen molar-refractivity contribution in [3.63, 3.8) is 0 Å². The Morgan fingerprint density at radius 2 is 2.05 bits per heavy atom. The van der Waals surface area contributed by atoms with Gasteiger partial charge >= 0.3 is 0 Å². The van der Waals surface area contributed by atoms with Crippen LogP contribution in [0.4, 0.5) is 5.69 Å². The van der Waals surface area contributed by atoms with Gasteiger partial charge in [0.2, 0.25) is 5.91 Å². The van der Waals surface area contributed by atoms with Gasteiger partial charge in [0.1, 0.15) is 0 Å². The van der Waals surface area contributed by atoms with Crippen LogP contribution in [0.3, 0.4) is 0 Å². The zero-order valence-electron chi connectivity index (χ0n) is 12.7. The Balaban J connectivity index is 2.68. The Bertz CT molecular complexity index is 549. The van der Waals surface area contributed by atoms with E-state index in [-0.39, 0.29) is 24.2 Å². The standard InChI is InChI=1S/C16H21N3O2/c1-4-19(11-12(2)9-17)16(21)10-18-15-8-6-5-7-14(15)13(3)20/h5-8,12,18H,4,10-11H2,1-3H3/t12-/m1/s1. The predicted molar refractivity (Wildman–Crippen MR) is 82.0 cm³/mol. The van der Waals surface area contributed by atoms with Crippen LogP contribution >= 0.6 is 0 Å². The third-order valence-electron chi connectivity index (χ3n) is 3.19. The molecule has 0 radical (unpaired) electrons. The average molecular weight is 287 g/mol. The van der Waals surface area contributed by atoms with Crippen LogP contribution in [-0.2, 0) is 4.79 Å². The van der Waals surface area contributed by atoms with Crippen molar-refractivity contribution in [3.8, 4) is 6.07 Å². The molecule has 0 saturated heterocycles. The number of para-hydroxylation sites is 1. The summed E-state index contributed by atoms with van der Waals surface area (Å²) in [6.45, 7) is 6.24. The van der Waals surface area contributed by atoms with Crippen molar-refractivity contribution >= 4 is 17.4 Å². The van der Waals surface area contributed by atoms with Gasteiger partial charge in [0.25, 0.3) is 0 Å². The number of amides is 1. The smallest absolute Gasteiger partial charge is 0.241 e. The largest absolute Gasteiger partial charge is 0.376 e. The zero-order valence-corrected chi connectivity index (χ0v) is 12.7. The summed E-state index contributed by atoms with van der Waals surface area (Å²) in [5, 5.41) is 11.8. The fourth-order valence-corrected chi connectivity index (χ4v) is 2.01. The minimum atomic E-state index is -0.196. The molecule has 0 heterocycles. The number of nitrogens with one attached hydrogen (secondary N) is 1. The van der Waals surface area contributed by atoms with E-state index in [1.54, 1.807) is 30.0 Å². The number of hydrogen-bond acceptors (Lipinski definition) is 4. The van der Waals surface area contributed by atoms with Gasteiger partial charge in [-0.3, -0.25) is 9.59 Å². The van der Waals surface area contributed by atoms with Crippen LogP contribution in [-0.4, -0.2) is 36.2 Å². The first kappa shape index (κ1) is 16.7. The third kappa shape index (κ3) is 4.92. The third-order valence-corrected chi connectivity index (χ3v) is 3.19. The monoisotopic (exact) mass is 287 g/mol. The first-order valence-electron chi connectivity index (χ1n) is 7.00. The molecule has 112 valence electrons. The molecule has 1 rings (SSSR count). The molecule has 0 aromatic heterocycles. The SMILES string of the molecule is CCN(C[C@H](C)C#N)C(=O)CNc1ccccc1C(C)=O. The number of anilines is 1. The maximum Gasteiger partial charge on any atom is 0.241 e. The second kappa shape index (κ2) is 8.05. The molecule has 1 aromatic carbocycles. The lowest BCUT2D eigenvalue weighted by molar-refractivity contribution is -0.129. The molecule has 0 aliphatic carbocycles. The van der Waals surface area contributed by atoms with Crippen LogP contribution in [0.1, 0.15) is 31.1 Å². The second-order valence-corrected chi connectivity index (χ2v) is 4.92. The molecular weight excluding hydrogens is 266 g/mol. The van der Waals surface area contributed by atoms with E-state index in [1.807, 2.05) is 13.0 Å². The van der Waals surface area contributed by atoms with Crippen LogP contribution in [0.5, 0.6) is 0 Å². The molecule has 0 aliphatic heterocycles. The van der Waals surface area contributed by atoms with Crippen molar-refractivity contribution in [1.29, 1.82) is 5.26 Å². The second-order valence-electron chi connectivity index (χ2n) is 4.92. The minimum absolute atomic E-state index is 0.0454. The number of Topliss-reactive ketones (excluding diaryl/α,β-unsaturated/α-hetero) is 1. The number of ketones is 1. The van der Waals surface area contributed by atoms with Gasteiger partial charge in [0, 0.05) is 24.3 Å². The van der Waals surface area contributed by atoms with E-state index >= 15 is 0 Å². The number of benzene rings is 1. The number of likely N-dealkylation sites (N-methyl/N-ethyl adjacent to an activating group) is 1. The first-order valence-corrected chi connectivity index (χ1v) is 7.00. The lowest BCUT2D eigenvalue weighted by atomic mass is 10.1. The van der Waals surface area contributed by atoms with E-state index in [1.165, 1.54) is 6.92 Å². The average Bonchev–Trinajstić information content (AvgIpc) is 2.49. The number of nitrogens with zero attached hydrogens (tertiary/aromatic N) is 2. The molecule has 1 atom stereocenters. The van der Waals surface area contributed by atoms with Crippen molar-refractivity contribution < 1.29 is 9.59 Å². The molecule has 5 nitrogen and oxygen atoms in total. The number of rotatable bonds is 7. The predicted octanol–water partition coefficient (Wildman–Crippen LogP) is 2.31. The van der Waals surface area contributed by atoms with E-state index < -0.39 is 0 Å². The summed E-state index contributed by atoms with van der Waals surface area (Å²) in [7, 11) is 0. The van der Waals surface area contributed by atoms with Crippen molar-refractivity contribution in [2.75, 3.05) is 25.0 Å². The zero-order chi connectivity index (χ0) is 15.8. The summed E-state index contributed by atoms with van der Waals surface area (Å²) in [5.74, 6) is -0.327. The summed E-state index contributed by atoms with van der Waals surface area (Å²) in [4.78, 5) is 25.3. The fourth-order valence-electron chi connectivity index (χ4n) is 2.01. The summed E-state index contributed by atoms with van der Waals surface area (Å²) in [6.07, 6.45) is 0. The maximum absolute atomic E-state index is 12.1. The minimum Gasteiger partial charge on any atom is -0.376 e. The highest BCUT2D eigenvalue weighted by molar-refractivity contribution is 6.00. The lowest BCUT2D eigenvalue weighted by Gasteiger charge is -2.22. The van der Waals surface area contributed by atoms with Gasteiger partial charge in [-0.15, -0.1) is 0 Å².